The zero-order chi connectivity index (χ0) is 18.2. The molecule has 0 aliphatic rings. The van der Waals surface area contributed by atoms with Crippen LogP contribution >= 0.6 is 35.3 Å². The number of halogens is 1. The first-order valence-electron chi connectivity index (χ1n) is 8.66. The number of hydrogen-bond acceptors (Lipinski definition) is 4. The number of aromatic nitrogens is 1. The van der Waals surface area contributed by atoms with Gasteiger partial charge in [-0.05, 0) is 40.4 Å². The van der Waals surface area contributed by atoms with Crippen molar-refractivity contribution < 1.29 is 0 Å². The molecule has 0 saturated heterocycles. The molecular formula is C19H30IN5S. The molecule has 144 valence electrons. The lowest BCUT2D eigenvalue weighted by molar-refractivity contribution is 0.298. The lowest BCUT2D eigenvalue weighted by atomic mass is 10.0. The number of hydrogen-bond donors (Lipinski definition) is 2. The third-order valence-electron chi connectivity index (χ3n) is 3.93. The Kier molecular flexibility index (Phi) is 10.1. The summed E-state index contributed by atoms with van der Waals surface area (Å²) in [5.41, 5.74) is 2.58. The Morgan fingerprint density at radius 3 is 2.42 bits per heavy atom. The van der Waals surface area contributed by atoms with Crippen LogP contribution in [-0.2, 0) is 6.54 Å². The van der Waals surface area contributed by atoms with E-state index in [0.717, 1.165) is 24.1 Å². The molecular weight excluding hydrogens is 457 g/mol. The van der Waals surface area contributed by atoms with Crippen molar-refractivity contribution in [3.05, 3.63) is 51.5 Å². The molecule has 1 aromatic carbocycles. The molecule has 0 aliphatic carbocycles. The summed E-state index contributed by atoms with van der Waals surface area (Å²) in [5.74, 6) is 0.828. The molecule has 1 heterocycles. The average molecular weight is 487 g/mol. The van der Waals surface area contributed by atoms with E-state index in [4.69, 9.17) is 0 Å². The summed E-state index contributed by atoms with van der Waals surface area (Å²) in [6.45, 7) is 8.48. The first-order chi connectivity index (χ1) is 12.0. The molecule has 0 spiro atoms. The van der Waals surface area contributed by atoms with E-state index < -0.39 is 0 Å². The number of likely N-dealkylation sites (N-methyl/N-ethyl adjacent to an activating group) is 1. The Bertz CT molecular complexity index is 681. The predicted octanol–water partition coefficient (Wildman–Crippen LogP) is 3.74. The van der Waals surface area contributed by atoms with E-state index in [1.807, 2.05) is 6.20 Å². The van der Waals surface area contributed by atoms with Gasteiger partial charge in [0.25, 0.3) is 0 Å². The highest BCUT2D eigenvalue weighted by atomic mass is 127. The SMILES string of the molecule is CCNC(=NCc1ncc(C)s1)NCC(c1ccc(C)cc1)N(C)C.I. The fourth-order valence-corrected chi connectivity index (χ4v) is 3.26. The molecule has 0 aliphatic heterocycles. The van der Waals surface area contributed by atoms with E-state index in [0.29, 0.717) is 6.54 Å². The van der Waals surface area contributed by atoms with E-state index in [1.165, 1.54) is 16.0 Å². The summed E-state index contributed by atoms with van der Waals surface area (Å²) in [7, 11) is 4.21. The summed E-state index contributed by atoms with van der Waals surface area (Å²) in [6.07, 6.45) is 1.90. The van der Waals surface area contributed by atoms with Crippen molar-refractivity contribution in [1.29, 1.82) is 0 Å². The van der Waals surface area contributed by atoms with Gasteiger partial charge in [-0.2, -0.15) is 0 Å². The number of nitrogens with zero attached hydrogens (tertiary/aromatic N) is 3. The quantitative estimate of drug-likeness (QED) is 0.355. The zero-order valence-corrected chi connectivity index (χ0v) is 19.4. The van der Waals surface area contributed by atoms with Gasteiger partial charge < -0.3 is 15.5 Å². The minimum Gasteiger partial charge on any atom is -0.357 e. The van der Waals surface area contributed by atoms with E-state index in [2.05, 4.69) is 84.6 Å². The monoisotopic (exact) mass is 487 g/mol. The van der Waals surface area contributed by atoms with Crippen molar-refractivity contribution in [2.75, 3.05) is 27.2 Å². The van der Waals surface area contributed by atoms with Crippen molar-refractivity contribution in [1.82, 2.24) is 20.5 Å². The van der Waals surface area contributed by atoms with Gasteiger partial charge in [-0.1, -0.05) is 29.8 Å². The van der Waals surface area contributed by atoms with Crippen LogP contribution in [0.25, 0.3) is 0 Å². The Labute approximate surface area is 178 Å². The molecule has 2 aromatic rings. The van der Waals surface area contributed by atoms with Crippen LogP contribution < -0.4 is 10.6 Å². The molecule has 1 atom stereocenters. The maximum absolute atomic E-state index is 4.66. The van der Waals surface area contributed by atoms with Crippen molar-refractivity contribution in [2.45, 2.75) is 33.4 Å². The van der Waals surface area contributed by atoms with Gasteiger partial charge in [-0.3, -0.25) is 0 Å². The summed E-state index contributed by atoms with van der Waals surface area (Å²) in [6, 6.07) is 9.01. The van der Waals surface area contributed by atoms with E-state index in [9.17, 15) is 0 Å². The van der Waals surface area contributed by atoms with Gasteiger partial charge in [-0.15, -0.1) is 35.3 Å². The maximum atomic E-state index is 4.66. The summed E-state index contributed by atoms with van der Waals surface area (Å²) in [4.78, 5) is 12.5. The molecule has 2 rings (SSSR count). The number of rotatable bonds is 7. The van der Waals surface area contributed by atoms with Crippen LogP contribution in [0, 0.1) is 13.8 Å². The van der Waals surface area contributed by atoms with Crippen molar-refractivity contribution in [2.24, 2.45) is 4.99 Å². The van der Waals surface area contributed by atoms with Crippen LogP contribution in [0.15, 0.2) is 35.5 Å². The molecule has 7 heteroatoms. The minimum absolute atomic E-state index is 0. The van der Waals surface area contributed by atoms with E-state index in [1.54, 1.807) is 11.3 Å². The third-order valence-corrected chi connectivity index (χ3v) is 4.83. The van der Waals surface area contributed by atoms with Crippen molar-refractivity contribution >= 4 is 41.3 Å². The van der Waals surface area contributed by atoms with Gasteiger partial charge in [0.2, 0.25) is 0 Å². The van der Waals surface area contributed by atoms with E-state index >= 15 is 0 Å². The van der Waals surface area contributed by atoms with Gasteiger partial charge in [0.05, 0.1) is 12.6 Å². The van der Waals surface area contributed by atoms with Crippen molar-refractivity contribution in [3.8, 4) is 0 Å². The van der Waals surface area contributed by atoms with Crippen LogP contribution in [0.3, 0.4) is 0 Å². The average Bonchev–Trinajstić information content (AvgIpc) is 2.99. The number of nitrogens with one attached hydrogen (secondary N) is 2. The zero-order valence-electron chi connectivity index (χ0n) is 16.2. The van der Waals surface area contributed by atoms with E-state index in [-0.39, 0.29) is 30.0 Å². The second kappa shape index (κ2) is 11.5. The highest BCUT2D eigenvalue weighted by Gasteiger charge is 2.14. The Hall–Kier alpha value is -1.19. The minimum atomic E-state index is 0. The lowest BCUT2D eigenvalue weighted by Gasteiger charge is -2.26. The summed E-state index contributed by atoms with van der Waals surface area (Å²) in [5, 5.41) is 7.82. The van der Waals surface area contributed by atoms with Crippen molar-refractivity contribution in [3.63, 3.8) is 0 Å². The number of benzene rings is 1. The molecule has 1 unspecified atom stereocenters. The normalized spacial score (nSPS) is 12.6. The fraction of sp³-hybridized carbons (Fsp3) is 0.474. The van der Waals surface area contributed by atoms with Crippen LogP contribution in [0.4, 0.5) is 0 Å². The standard InChI is InChI=1S/C19H29N5S.HI/c1-6-20-19(23-13-18-21-11-15(3)25-18)22-12-17(24(4)5)16-9-7-14(2)8-10-16;/h7-11,17H,6,12-13H2,1-5H3,(H2,20,22,23);1H. The lowest BCUT2D eigenvalue weighted by Crippen LogP contribution is -2.41. The maximum Gasteiger partial charge on any atom is 0.191 e. The highest BCUT2D eigenvalue weighted by Crippen LogP contribution is 2.18. The number of thiazole rings is 1. The van der Waals surface area contributed by atoms with Gasteiger partial charge in [0.15, 0.2) is 5.96 Å². The van der Waals surface area contributed by atoms with Crippen LogP contribution in [0.5, 0.6) is 0 Å². The second-order valence-electron chi connectivity index (χ2n) is 6.33. The molecule has 0 saturated carbocycles. The van der Waals surface area contributed by atoms with Crippen LogP contribution in [0.1, 0.15) is 34.0 Å². The molecule has 26 heavy (non-hydrogen) atoms. The molecule has 0 amide bonds. The number of guanidine groups is 1. The third kappa shape index (κ3) is 7.20. The number of aliphatic imine (C=N–C) groups is 1. The highest BCUT2D eigenvalue weighted by molar-refractivity contribution is 14.0. The Morgan fingerprint density at radius 2 is 1.88 bits per heavy atom. The summed E-state index contributed by atoms with van der Waals surface area (Å²) >= 11 is 1.69. The Balaban J connectivity index is 0.00000338. The largest absolute Gasteiger partial charge is 0.357 e. The van der Waals surface area contributed by atoms with Crippen LogP contribution in [0.2, 0.25) is 0 Å². The molecule has 2 N–H and O–H groups in total. The number of aryl methyl sites for hydroxylation is 2. The van der Waals surface area contributed by atoms with Gasteiger partial charge in [-0.25, -0.2) is 9.98 Å². The van der Waals surface area contributed by atoms with Gasteiger partial charge in [0, 0.05) is 24.2 Å². The van der Waals surface area contributed by atoms with Gasteiger partial charge >= 0.3 is 0 Å². The van der Waals surface area contributed by atoms with Crippen LogP contribution in [-0.4, -0.2) is 43.0 Å². The molecule has 0 radical (unpaired) electrons. The topological polar surface area (TPSA) is 52.6 Å². The predicted molar refractivity (Wildman–Crippen MR) is 123 cm³/mol. The molecule has 0 fully saturated rings. The first-order valence-corrected chi connectivity index (χ1v) is 9.47. The Morgan fingerprint density at radius 1 is 1.19 bits per heavy atom. The second-order valence-corrected chi connectivity index (χ2v) is 7.65. The molecule has 0 bridgehead atoms. The summed E-state index contributed by atoms with van der Waals surface area (Å²) < 4.78 is 0. The first kappa shape index (κ1) is 22.9. The smallest absolute Gasteiger partial charge is 0.191 e. The molecule has 5 nitrogen and oxygen atoms in total. The fourth-order valence-electron chi connectivity index (χ4n) is 2.54. The van der Waals surface area contributed by atoms with Gasteiger partial charge in [0.1, 0.15) is 5.01 Å². The molecule has 1 aromatic heterocycles.